The SMILES string of the molecule is CCCC[C@H](CC)CNC(=O)c1ccc(-n2nc(C(=O)OCC)cc2-c2ccc(CC)cc2)cc1. The van der Waals surface area contributed by atoms with Gasteiger partial charge in [0.05, 0.1) is 18.0 Å². The summed E-state index contributed by atoms with van der Waals surface area (Å²) in [5.74, 6) is -0.0259. The fourth-order valence-corrected chi connectivity index (χ4v) is 4.04. The molecule has 35 heavy (non-hydrogen) atoms. The normalized spacial score (nSPS) is 11.8. The highest BCUT2D eigenvalue weighted by Crippen LogP contribution is 2.25. The highest BCUT2D eigenvalue weighted by Gasteiger charge is 2.18. The van der Waals surface area contributed by atoms with Crippen LogP contribution in [-0.4, -0.2) is 34.8 Å². The standard InChI is InChI=1S/C29H37N3O3/c1-5-9-10-22(7-3)20-30-28(33)24-15-17-25(18-16-24)32-27(19-26(31-32)29(34)35-8-4)23-13-11-21(6-2)12-14-23/h11-19,22H,5-10,20H2,1-4H3,(H,30,33)/t22-/m0/s1. The number of nitrogens with zero attached hydrogens (tertiary/aromatic N) is 2. The molecule has 1 aromatic heterocycles. The number of rotatable bonds is 12. The molecular formula is C29H37N3O3. The monoisotopic (exact) mass is 475 g/mol. The number of benzene rings is 2. The molecule has 0 radical (unpaired) electrons. The fourth-order valence-electron chi connectivity index (χ4n) is 4.04. The fraction of sp³-hybridized carbons (Fsp3) is 0.414. The Labute approximate surface area is 208 Å². The number of ether oxygens (including phenoxy) is 1. The number of esters is 1. The number of aromatic nitrogens is 2. The summed E-state index contributed by atoms with van der Waals surface area (Å²) >= 11 is 0. The summed E-state index contributed by atoms with van der Waals surface area (Å²) in [7, 11) is 0. The van der Waals surface area contributed by atoms with E-state index < -0.39 is 5.97 Å². The van der Waals surface area contributed by atoms with E-state index in [1.807, 2.05) is 24.3 Å². The average Bonchev–Trinajstić information content (AvgIpc) is 3.34. The van der Waals surface area contributed by atoms with Crippen LogP contribution in [0, 0.1) is 5.92 Å². The summed E-state index contributed by atoms with van der Waals surface area (Å²) in [6.07, 6.45) is 5.50. The van der Waals surface area contributed by atoms with Crippen molar-refractivity contribution in [2.45, 2.75) is 59.8 Å². The molecule has 0 aliphatic heterocycles. The molecule has 3 rings (SSSR count). The third-order valence-electron chi connectivity index (χ3n) is 6.32. The van der Waals surface area contributed by atoms with E-state index in [-0.39, 0.29) is 18.2 Å². The summed E-state index contributed by atoms with van der Waals surface area (Å²) in [4.78, 5) is 25.1. The predicted octanol–water partition coefficient (Wildman–Crippen LogP) is 6.22. The van der Waals surface area contributed by atoms with Gasteiger partial charge in [-0.3, -0.25) is 4.79 Å². The van der Waals surface area contributed by atoms with E-state index in [0.717, 1.165) is 36.2 Å². The van der Waals surface area contributed by atoms with E-state index in [0.29, 0.717) is 18.0 Å². The molecule has 0 aliphatic rings. The van der Waals surface area contributed by atoms with Crippen molar-refractivity contribution < 1.29 is 14.3 Å². The lowest BCUT2D eigenvalue weighted by atomic mass is 9.99. The quantitative estimate of drug-likeness (QED) is 0.315. The minimum Gasteiger partial charge on any atom is -0.461 e. The molecule has 6 nitrogen and oxygen atoms in total. The van der Waals surface area contributed by atoms with E-state index >= 15 is 0 Å². The van der Waals surface area contributed by atoms with Gasteiger partial charge >= 0.3 is 5.97 Å². The summed E-state index contributed by atoms with van der Waals surface area (Å²) in [6.45, 7) is 9.22. The molecule has 0 unspecified atom stereocenters. The third-order valence-corrected chi connectivity index (χ3v) is 6.32. The summed E-state index contributed by atoms with van der Waals surface area (Å²) in [5, 5.41) is 7.61. The molecule has 6 heteroatoms. The Kier molecular flexibility index (Phi) is 9.65. The van der Waals surface area contributed by atoms with Gasteiger partial charge in [0.25, 0.3) is 5.91 Å². The lowest BCUT2D eigenvalue weighted by molar-refractivity contribution is 0.0518. The molecule has 1 atom stereocenters. The largest absolute Gasteiger partial charge is 0.461 e. The number of carbonyl (C=O) groups excluding carboxylic acids is 2. The maximum Gasteiger partial charge on any atom is 0.358 e. The molecule has 0 fully saturated rings. The Bertz CT molecular complexity index is 1100. The molecular weight excluding hydrogens is 438 g/mol. The number of unbranched alkanes of at least 4 members (excludes halogenated alkanes) is 1. The van der Waals surface area contributed by atoms with Gasteiger partial charge in [0.1, 0.15) is 0 Å². The maximum absolute atomic E-state index is 12.7. The Hall–Kier alpha value is -3.41. The minimum atomic E-state index is -0.456. The van der Waals surface area contributed by atoms with Crippen LogP contribution in [0.1, 0.15) is 79.8 Å². The Morgan fingerprint density at radius 3 is 2.31 bits per heavy atom. The molecule has 186 valence electrons. The van der Waals surface area contributed by atoms with Gasteiger partial charge in [0.2, 0.25) is 0 Å². The molecule has 1 N–H and O–H groups in total. The Morgan fingerprint density at radius 1 is 1.00 bits per heavy atom. The Morgan fingerprint density at radius 2 is 1.71 bits per heavy atom. The van der Waals surface area contributed by atoms with E-state index in [4.69, 9.17) is 4.74 Å². The van der Waals surface area contributed by atoms with Crippen molar-refractivity contribution in [3.63, 3.8) is 0 Å². The summed E-state index contributed by atoms with van der Waals surface area (Å²) in [6, 6.07) is 17.3. The predicted molar refractivity (Wildman–Crippen MR) is 140 cm³/mol. The molecule has 0 aliphatic carbocycles. The smallest absolute Gasteiger partial charge is 0.358 e. The topological polar surface area (TPSA) is 73.2 Å². The van der Waals surface area contributed by atoms with Crippen LogP contribution in [0.15, 0.2) is 54.6 Å². The highest BCUT2D eigenvalue weighted by atomic mass is 16.5. The molecule has 3 aromatic rings. The van der Waals surface area contributed by atoms with Gasteiger partial charge in [0.15, 0.2) is 5.69 Å². The van der Waals surface area contributed by atoms with Crippen molar-refractivity contribution in [2.75, 3.05) is 13.2 Å². The van der Waals surface area contributed by atoms with Gasteiger partial charge in [0, 0.05) is 17.7 Å². The van der Waals surface area contributed by atoms with E-state index in [2.05, 4.69) is 43.3 Å². The molecule has 2 aromatic carbocycles. The van der Waals surface area contributed by atoms with Crippen molar-refractivity contribution >= 4 is 11.9 Å². The number of hydrogen-bond donors (Lipinski definition) is 1. The molecule has 0 spiro atoms. The van der Waals surface area contributed by atoms with Gasteiger partial charge < -0.3 is 10.1 Å². The van der Waals surface area contributed by atoms with E-state index in [1.165, 1.54) is 18.4 Å². The van der Waals surface area contributed by atoms with Crippen LogP contribution >= 0.6 is 0 Å². The zero-order valence-corrected chi connectivity index (χ0v) is 21.3. The molecule has 0 bridgehead atoms. The lowest BCUT2D eigenvalue weighted by Gasteiger charge is -2.15. The molecule has 0 saturated heterocycles. The zero-order valence-electron chi connectivity index (χ0n) is 21.3. The number of nitrogens with one attached hydrogen (secondary N) is 1. The van der Waals surface area contributed by atoms with Crippen molar-refractivity contribution in [1.29, 1.82) is 0 Å². The van der Waals surface area contributed by atoms with Crippen LogP contribution in [0.5, 0.6) is 0 Å². The Balaban J connectivity index is 1.84. The van der Waals surface area contributed by atoms with Gasteiger partial charge in [-0.05, 0) is 61.6 Å². The first-order chi connectivity index (χ1) is 17.0. The number of aryl methyl sites for hydroxylation is 1. The average molecular weight is 476 g/mol. The van der Waals surface area contributed by atoms with Crippen molar-refractivity contribution in [2.24, 2.45) is 5.92 Å². The van der Waals surface area contributed by atoms with Crippen LogP contribution in [0.4, 0.5) is 0 Å². The second-order valence-electron chi connectivity index (χ2n) is 8.77. The van der Waals surface area contributed by atoms with Gasteiger partial charge in [-0.25, -0.2) is 9.48 Å². The molecule has 1 amide bonds. The van der Waals surface area contributed by atoms with E-state index in [9.17, 15) is 9.59 Å². The van der Waals surface area contributed by atoms with Crippen LogP contribution < -0.4 is 5.32 Å². The third kappa shape index (κ3) is 6.81. The second kappa shape index (κ2) is 12.9. The summed E-state index contributed by atoms with van der Waals surface area (Å²) in [5.41, 5.74) is 4.59. The van der Waals surface area contributed by atoms with Crippen LogP contribution in [0.2, 0.25) is 0 Å². The van der Waals surface area contributed by atoms with Crippen molar-refractivity contribution in [3.05, 3.63) is 71.4 Å². The zero-order chi connectivity index (χ0) is 25.2. The first-order valence-corrected chi connectivity index (χ1v) is 12.8. The minimum absolute atomic E-state index is 0.0745. The second-order valence-corrected chi connectivity index (χ2v) is 8.77. The lowest BCUT2D eigenvalue weighted by Crippen LogP contribution is -2.29. The van der Waals surface area contributed by atoms with Gasteiger partial charge in [-0.2, -0.15) is 5.10 Å². The van der Waals surface area contributed by atoms with Crippen LogP contribution in [0.3, 0.4) is 0 Å². The maximum atomic E-state index is 12.7. The van der Waals surface area contributed by atoms with Crippen molar-refractivity contribution in [1.82, 2.24) is 15.1 Å². The number of hydrogen-bond acceptors (Lipinski definition) is 4. The van der Waals surface area contributed by atoms with Crippen LogP contribution in [-0.2, 0) is 11.2 Å². The van der Waals surface area contributed by atoms with Crippen LogP contribution in [0.25, 0.3) is 16.9 Å². The highest BCUT2D eigenvalue weighted by molar-refractivity contribution is 5.94. The number of amides is 1. The number of carbonyl (C=O) groups is 2. The first kappa shape index (κ1) is 26.2. The van der Waals surface area contributed by atoms with Gasteiger partial charge in [-0.1, -0.05) is 64.3 Å². The molecule has 0 saturated carbocycles. The van der Waals surface area contributed by atoms with E-state index in [1.54, 1.807) is 29.8 Å². The molecule has 1 heterocycles. The van der Waals surface area contributed by atoms with Gasteiger partial charge in [-0.15, -0.1) is 0 Å². The first-order valence-electron chi connectivity index (χ1n) is 12.8. The van der Waals surface area contributed by atoms with Crippen molar-refractivity contribution in [3.8, 4) is 16.9 Å². The summed E-state index contributed by atoms with van der Waals surface area (Å²) < 4.78 is 6.90.